The van der Waals surface area contributed by atoms with Crippen LogP contribution in [0, 0.1) is 5.92 Å². The normalized spacial score (nSPS) is 16.1. The molecule has 116 valence electrons. The van der Waals surface area contributed by atoms with Gasteiger partial charge >= 0.3 is 5.97 Å². The molecule has 1 amide bonds. The summed E-state index contributed by atoms with van der Waals surface area (Å²) >= 11 is 0. The van der Waals surface area contributed by atoms with Crippen LogP contribution in [-0.4, -0.2) is 56.5 Å². The Morgan fingerprint density at radius 1 is 1.38 bits per heavy atom. The van der Waals surface area contributed by atoms with Gasteiger partial charge in [0.1, 0.15) is 0 Å². The lowest BCUT2D eigenvalue weighted by Crippen LogP contribution is -2.38. The average Bonchev–Trinajstić information content (AvgIpc) is 2.94. The van der Waals surface area contributed by atoms with E-state index in [1.807, 2.05) is 0 Å². The standard InChI is InChI=1S/C13H21N5O3/c14-5-8-18-9-11(15-16-18)13(21)17-6-3-10(4-7-17)1-2-12(19)20/h9-10H,1-8,14H2,(H,19,20). The largest absolute Gasteiger partial charge is 0.481 e. The highest BCUT2D eigenvalue weighted by Gasteiger charge is 2.25. The first-order valence-electron chi connectivity index (χ1n) is 7.21. The SMILES string of the molecule is NCCn1cc(C(=O)N2CCC(CCC(=O)O)CC2)nn1. The molecule has 1 aromatic rings. The van der Waals surface area contributed by atoms with Crippen molar-refractivity contribution < 1.29 is 14.7 Å². The molecule has 0 aliphatic carbocycles. The zero-order chi connectivity index (χ0) is 15.2. The van der Waals surface area contributed by atoms with E-state index >= 15 is 0 Å². The average molecular weight is 295 g/mol. The van der Waals surface area contributed by atoms with Crippen molar-refractivity contribution in [3.8, 4) is 0 Å². The van der Waals surface area contributed by atoms with E-state index in [2.05, 4.69) is 10.3 Å². The molecule has 2 rings (SSSR count). The van der Waals surface area contributed by atoms with Crippen LogP contribution in [0.15, 0.2) is 6.20 Å². The van der Waals surface area contributed by atoms with Crippen molar-refractivity contribution in [2.24, 2.45) is 11.7 Å². The minimum Gasteiger partial charge on any atom is -0.481 e. The highest BCUT2D eigenvalue weighted by molar-refractivity contribution is 5.91. The molecule has 0 spiro atoms. The molecule has 8 heteroatoms. The molecule has 0 saturated carbocycles. The number of hydrogen-bond acceptors (Lipinski definition) is 5. The van der Waals surface area contributed by atoms with Gasteiger partial charge in [-0.2, -0.15) is 0 Å². The first-order chi connectivity index (χ1) is 10.1. The van der Waals surface area contributed by atoms with Crippen LogP contribution < -0.4 is 5.73 Å². The third-order valence-electron chi connectivity index (χ3n) is 3.78. The van der Waals surface area contributed by atoms with Gasteiger partial charge in [0.05, 0.1) is 12.7 Å². The van der Waals surface area contributed by atoms with Crippen LogP contribution in [0.2, 0.25) is 0 Å². The Morgan fingerprint density at radius 2 is 2.10 bits per heavy atom. The van der Waals surface area contributed by atoms with Crippen molar-refractivity contribution in [3.05, 3.63) is 11.9 Å². The van der Waals surface area contributed by atoms with Crippen molar-refractivity contribution >= 4 is 11.9 Å². The molecule has 2 heterocycles. The lowest BCUT2D eigenvalue weighted by molar-refractivity contribution is -0.137. The van der Waals surface area contributed by atoms with Crippen LogP contribution in [0.3, 0.4) is 0 Å². The summed E-state index contributed by atoms with van der Waals surface area (Å²) in [7, 11) is 0. The van der Waals surface area contributed by atoms with Gasteiger partial charge in [-0.3, -0.25) is 14.3 Å². The van der Waals surface area contributed by atoms with E-state index in [1.54, 1.807) is 15.8 Å². The van der Waals surface area contributed by atoms with Crippen LogP contribution >= 0.6 is 0 Å². The van der Waals surface area contributed by atoms with Gasteiger partial charge in [-0.15, -0.1) is 5.10 Å². The second-order valence-corrected chi connectivity index (χ2v) is 5.32. The fraction of sp³-hybridized carbons (Fsp3) is 0.692. The van der Waals surface area contributed by atoms with E-state index < -0.39 is 5.97 Å². The van der Waals surface area contributed by atoms with Gasteiger partial charge in [-0.25, -0.2) is 0 Å². The first-order valence-corrected chi connectivity index (χ1v) is 7.21. The van der Waals surface area contributed by atoms with Crippen molar-refractivity contribution in [2.75, 3.05) is 19.6 Å². The van der Waals surface area contributed by atoms with Crippen LogP contribution in [0.1, 0.15) is 36.2 Å². The topological polar surface area (TPSA) is 114 Å². The number of aromatic nitrogens is 3. The number of nitrogens with zero attached hydrogens (tertiary/aromatic N) is 4. The summed E-state index contributed by atoms with van der Waals surface area (Å²) in [6.45, 7) is 2.28. The number of hydrogen-bond donors (Lipinski definition) is 2. The number of carbonyl (C=O) groups excluding carboxylic acids is 1. The third-order valence-corrected chi connectivity index (χ3v) is 3.78. The van der Waals surface area contributed by atoms with Crippen LogP contribution in [0.25, 0.3) is 0 Å². The smallest absolute Gasteiger partial charge is 0.303 e. The number of carboxylic acid groups (broad SMARTS) is 1. The van der Waals surface area contributed by atoms with Gasteiger partial charge < -0.3 is 15.7 Å². The van der Waals surface area contributed by atoms with Gasteiger partial charge in [0, 0.05) is 26.1 Å². The minimum absolute atomic E-state index is 0.116. The number of rotatable bonds is 6. The maximum atomic E-state index is 12.3. The summed E-state index contributed by atoms with van der Waals surface area (Å²) < 4.78 is 1.56. The second kappa shape index (κ2) is 7.16. The molecule has 1 aliphatic rings. The molecule has 1 aliphatic heterocycles. The molecule has 3 N–H and O–H groups in total. The van der Waals surface area contributed by atoms with E-state index in [4.69, 9.17) is 10.8 Å². The number of carbonyl (C=O) groups is 2. The number of carboxylic acids is 1. The highest BCUT2D eigenvalue weighted by Crippen LogP contribution is 2.22. The predicted molar refractivity (Wildman–Crippen MR) is 74.6 cm³/mol. The Hall–Kier alpha value is -1.96. The zero-order valence-corrected chi connectivity index (χ0v) is 11.9. The summed E-state index contributed by atoms with van der Waals surface area (Å²) in [6, 6.07) is 0. The Balaban J connectivity index is 1.83. The number of piperidine rings is 1. The lowest BCUT2D eigenvalue weighted by Gasteiger charge is -2.31. The van der Waals surface area contributed by atoms with Gasteiger partial charge in [0.25, 0.3) is 5.91 Å². The predicted octanol–water partition coefficient (Wildman–Crippen LogP) is -0.0462. The van der Waals surface area contributed by atoms with E-state index in [0.717, 1.165) is 12.8 Å². The molecule has 1 fully saturated rings. The molecule has 8 nitrogen and oxygen atoms in total. The zero-order valence-electron chi connectivity index (χ0n) is 11.9. The Labute approximate surface area is 122 Å². The quantitative estimate of drug-likeness (QED) is 0.760. The molecule has 0 unspecified atom stereocenters. The van der Waals surface area contributed by atoms with Gasteiger partial charge in [0.15, 0.2) is 5.69 Å². The number of amides is 1. The van der Waals surface area contributed by atoms with Crippen molar-refractivity contribution in [3.63, 3.8) is 0 Å². The Morgan fingerprint density at radius 3 is 2.71 bits per heavy atom. The summed E-state index contributed by atoms with van der Waals surface area (Å²) in [5.74, 6) is -0.488. The Kier molecular flexibility index (Phi) is 5.26. The van der Waals surface area contributed by atoms with E-state index in [9.17, 15) is 9.59 Å². The monoisotopic (exact) mass is 295 g/mol. The van der Waals surface area contributed by atoms with Gasteiger partial charge in [-0.1, -0.05) is 5.21 Å². The summed E-state index contributed by atoms with van der Waals surface area (Å²) in [4.78, 5) is 24.6. The van der Waals surface area contributed by atoms with Crippen molar-refractivity contribution in [2.45, 2.75) is 32.2 Å². The third kappa shape index (κ3) is 4.25. The molecule has 0 atom stereocenters. The molecule has 0 bridgehead atoms. The van der Waals surface area contributed by atoms with Crippen LogP contribution in [-0.2, 0) is 11.3 Å². The fourth-order valence-corrected chi connectivity index (χ4v) is 2.55. The maximum absolute atomic E-state index is 12.3. The van der Waals surface area contributed by atoms with Crippen molar-refractivity contribution in [1.82, 2.24) is 19.9 Å². The second-order valence-electron chi connectivity index (χ2n) is 5.32. The Bertz CT molecular complexity index is 494. The fourth-order valence-electron chi connectivity index (χ4n) is 2.55. The minimum atomic E-state index is -0.759. The molecule has 0 aromatic carbocycles. The lowest BCUT2D eigenvalue weighted by atomic mass is 9.92. The summed E-state index contributed by atoms with van der Waals surface area (Å²) in [6.07, 6.45) is 4.19. The van der Waals surface area contributed by atoms with E-state index in [-0.39, 0.29) is 12.3 Å². The molecular weight excluding hydrogens is 274 g/mol. The molecular formula is C13H21N5O3. The highest BCUT2D eigenvalue weighted by atomic mass is 16.4. The summed E-state index contributed by atoms with van der Waals surface area (Å²) in [5.41, 5.74) is 5.77. The number of nitrogens with two attached hydrogens (primary N) is 1. The van der Waals surface area contributed by atoms with E-state index in [0.29, 0.717) is 44.2 Å². The van der Waals surface area contributed by atoms with E-state index in [1.165, 1.54) is 0 Å². The van der Waals surface area contributed by atoms with Crippen LogP contribution in [0.5, 0.6) is 0 Å². The molecule has 1 saturated heterocycles. The molecule has 21 heavy (non-hydrogen) atoms. The first kappa shape index (κ1) is 15.4. The van der Waals surface area contributed by atoms with Gasteiger partial charge in [-0.05, 0) is 25.2 Å². The number of aliphatic carboxylic acids is 1. The van der Waals surface area contributed by atoms with Gasteiger partial charge in [0.2, 0.25) is 0 Å². The summed E-state index contributed by atoms with van der Waals surface area (Å²) in [5, 5.41) is 16.4. The molecule has 0 radical (unpaired) electrons. The maximum Gasteiger partial charge on any atom is 0.303 e. The van der Waals surface area contributed by atoms with Crippen LogP contribution in [0.4, 0.5) is 0 Å². The molecule has 1 aromatic heterocycles. The van der Waals surface area contributed by atoms with Crippen molar-refractivity contribution in [1.29, 1.82) is 0 Å². The number of likely N-dealkylation sites (tertiary alicyclic amines) is 1.